The number of phenolic OH excluding ortho intramolecular Hbond substituents is 1. The van der Waals surface area contributed by atoms with Crippen molar-refractivity contribution in [1.29, 1.82) is 0 Å². The third kappa shape index (κ3) is 5.98. The van der Waals surface area contributed by atoms with Gasteiger partial charge in [0.1, 0.15) is 5.75 Å². The third-order valence-corrected chi connectivity index (χ3v) is 6.79. The molecular weight excluding hydrogens is 455 g/mol. The summed E-state index contributed by atoms with van der Waals surface area (Å²) in [6.45, 7) is 2.18. The average molecular weight is 484 g/mol. The van der Waals surface area contributed by atoms with E-state index in [1.165, 1.54) is 18.3 Å². The summed E-state index contributed by atoms with van der Waals surface area (Å²) in [5.41, 5.74) is 0.268. The van der Waals surface area contributed by atoms with Crippen molar-refractivity contribution in [2.75, 3.05) is 20.6 Å². The first kappa shape index (κ1) is 25.3. The summed E-state index contributed by atoms with van der Waals surface area (Å²) in [6, 6.07) is 8.04. The Kier molecular flexibility index (Phi) is 7.59. The molecule has 33 heavy (non-hydrogen) atoms. The number of benzene rings is 1. The summed E-state index contributed by atoms with van der Waals surface area (Å²) in [7, 11) is 3.77. The number of hydrogen-bond donors (Lipinski definition) is 2. The Hall–Kier alpha value is -2.32. The maximum atomic E-state index is 13.9. The van der Waals surface area contributed by atoms with Gasteiger partial charge in [-0.25, -0.2) is 0 Å². The molecule has 3 rings (SSSR count). The molecule has 1 heterocycles. The van der Waals surface area contributed by atoms with Crippen LogP contribution in [0.1, 0.15) is 42.0 Å². The van der Waals surface area contributed by atoms with E-state index in [4.69, 9.17) is 11.6 Å². The van der Waals surface area contributed by atoms with E-state index < -0.39 is 23.4 Å². The van der Waals surface area contributed by atoms with E-state index in [0.29, 0.717) is 11.4 Å². The van der Waals surface area contributed by atoms with Crippen molar-refractivity contribution in [3.05, 3.63) is 58.4 Å². The molecule has 0 saturated heterocycles. The molecule has 1 fully saturated rings. The van der Waals surface area contributed by atoms with Crippen LogP contribution < -0.4 is 5.32 Å². The zero-order chi connectivity index (χ0) is 24.4. The highest BCUT2D eigenvalue weighted by atomic mass is 35.5. The molecule has 0 radical (unpaired) electrons. The lowest BCUT2D eigenvalue weighted by molar-refractivity contribution is -0.195. The Balaban J connectivity index is 1.71. The summed E-state index contributed by atoms with van der Waals surface area (Å²) in [4.78, 5) is 18.9. The monoisotopic (exact) mass is 483 g/mol. The number of hydrogen-bond acceptors (Lipinski definition) is 4. The van der Waals surface area contributed by atoms with E-state index in [-0.39, 0.29) is 43.3 Å². The van der Waals surface area contributed by atoms with E-state index in [0.717, 1.165) is 11.1 Å². The van der Waals surface area contributed by atoms with Crippen molar-refractivity contribution in [2.24, 2.45) is 5.41 Å². The minimum atomic E-state index is -4.41. The molecule has 1 aliphatic rings. The van der Waals surface area contributed by atoms with Crippen LogP contribution in [0.25, 0.3) is 0 Å². The lowest BCUT2D eigenvalue weighted by Crippen LogP contribution is -2.43. The van der Waals surface area contributed by atoms with E-state index in [2.05, 4.69) is 10.3 Å². The van der Waals surface area contributed by atoms with Crippen LogP contribution in [0.2, 0.25) is 5.02 Å². The van der Waals surface area contributed by atoms with Crippen molar-refractivity contribution >= 4 is 17.5 Å². The lowest BCUT2D eigenvalue weighted by atomic mass is 9.82. The van der Waals surface area contributed by atoms with Crippen LogP contribution in [0.5, 0.6) is 5.75 Å². The minimum Gasteiger partial charge on any atom is -0.508 e. The highest BCUT2D eigenvalue weighted by Crippen LogP contribution is 2.65. The van der Waals surface area contributed by atoms with Gasteiger partial charge in [0.15, 0.2) is 0 Å². The smallest absolute Gasteiger partial charge is 0.395 e. The first-order chi connectivity index (χ1) is 15.4. The van der Waals surface area contributed by atoms with Gasteiger partial charge in [-0.05, 0) is 75.7 Å². The van der Waals surface area contributed by atoms with E-state index >= 15 is 0 Å². The second kappa shape index (κ2) is 9.89. The second-order valence-corrected chi connectivity index (χ2v) is 9.48. The highest BCUT2D eigenvalue weighted by Gasteiger charge is 2.67. The highest BCUT2D eigenvalue weighted by molar-refractivity contribution is 6.30. The number of amides is 1. The maximum Gasteiger partial charge on any atom is 0.395 e. The molecule has 0 aliphatic heterocycles. The van der Waals surface area contributed by atoms with Crippen LogP contribution in [0.15, 0.2) is 36.5 Å². The fourth-order valence-corrected chi connectivity index (χ4v) is 4.34. The number of aryl methyl sites for hydroxylation is 1. The molecule has 1 saturated carbocycles. The summed E-state index contributed by atoms with van der Waals surface area (Å²) >= 11 is 5.86. The normalized spacial score (nSPS) is 17.0. The van der Waals surface area contributed by atoms with Crippen molar-refractivity contribution in [3.63, 3.8) is 0 Å². The molecular formula is C24H29ClF3N3O2. The molecule has 2 unspecified atom stereocenters. The number of aromatic hydroxyl groups is 1. The van der Waals surface area contributed by atoms with Gasteiger partial charge in [0.25, 0.3) is 0 Å². The zero-order valence-electron chi connectivity index (χ0n) is 18.9. The maximum absolute atomic E-state index is 13.9. The minimum absolute atomic E-state index is 0.0147. The molecule has 1 aromatic carbocycles. The molecule has 1 amide bonds. The number of pyridine rings is 1. The quantitative estimate of drug-likeness (QED) is 0.535. The number of aromatic nitrogens is 1. The number of carbonyl (C=O) groups is 1. The lowest BCUT2D eigenvalue weighted by Gasteiger charge is -2.29. The summed E-state index contributed by atoms with van der Waals surface area (Å²) in [5, 5.41) is 12.8. The number of nitrogens with one attached hydrogen (secondary N) is 1. The van der Waals surface area contributed by atoms with Crippen LogP contribution in [0, 0.1) is 12.3 Å². The van der Waals surface area contributed by atoms with Crippen molar-refractivity contribution in [1.82, 2.24) is 15.2 Å². The molecule has 0 spiro atoms. The summed E-state index contributed by atoms with van der Waals surface area (Å²) in [5.74, 6) is -1.32. The van der Waals surface area contributed by atoms with Gasteiger partial charge in [0, 0.05) is 36.8 Å². The summed E-state index contributed by atoms with van der Waals surface area (Å²) in [6.07, 6.45) is -2.81. The fourth-order valence-electron chi connectivity index (χ4n) is 4.23. The second-order valence-electron chi connectivity index (χ2n) is 9.05. The predicted molar refractivity (Wildman–Crippen MR) is 121 cm³/mol. The molecule has 2 atom stereocenters. The van der Waals surface area contributed by atoms with Gasteiger partial charge in [0.2, 0.25) is 5.91 Å². The van der Waals surface area contributed by atoms with Crippen LogP contribution in [0.3, 0.4) is 0 Å². The first-order valence-corrected chi connectivity index (χ1v) is 11.2. The van der Waals surface area contributed by atoms with Crippen molar-refractivity contribution < 1.29 is 23.1 Å². The van der Waals surface area contributed by atoms with Crippen LogP contribution in [0.4, 0.5) is 13.2 Å². The molecule has 5 nitrogen and oxygen atoms in total. The van der Waals surface area contributed by atoms with E-state index in [1.54, 1.807) is 12.1 Å². The van der Waals surface area contributed by atoms with Gasteiger partial charge in [-0.1, -0.05) is 17.7 Å². The number of carbonyl (C=O) groups excluding carboxylic acids is 1. The Labute approximate surface area is 197 Å². The molecule has 2 N–H and O–H groups in total. The largest absolute Gasteiger partial charge is 0.508 e. The Morgan fingerprint density at radius 3 is 2.48 bits per heavy atom. The van der Waals surface area contributed by atoms with E-state index in [9.17, 15) is 23.1 Å². The number of alkyl halides is 3. The first-order valence-electron chi connectivity index (χ1n) is 10.8. The van der Waals surface area contributed by atoms with Crippen LogP contribution >= 0.6 is 11.6 Å². The topological polar surface area (TPSA) is 65.5 Å². The number of likely N-dealkylation sites (N-methyl/N-ethyl adjacent to an activating group) is 1. The number of halogens is 4. The molecule has 180 valence electrons. The predicted octanol–water partition coefficient (Wildman–Crippen LogP) is 4.85. The fraction of sp³-hybridized carbons (Fsp3) is 0.500. The van der Waals surface area contributed by atoms with Crippen LogP contribution in [-0.4, -0.2) is 53.8 Å². The molecule has 1 aromatic heterocycles. The Morgan fingerprint density at radius 1 is 1.27 bits per heavy atom. The molecule has 9 heteroatoms. The van der Waals surface area contributed by atoms with Crippen molar-refractivity contribution in [2.45, 2.75) is 50.7 Å². The number of phenols is 1. The van der Waals surface area contributed by atoms with Gasteiger partial charge >= 0.3 is 6.18 Å². The van der Waals surface area contributed by atoms with Gasteiger partial charge < -0.3 is 15.3 Å². The number of rotatable bonds is 9. The van der Waals surface area contributed by atoms with Gasteiger partial charge in [-0.2, -0.15) is 13.2 Å². The van der Waals surface area contributed by atoms with Crippen molar-refractivity contribution in [3.8, 4) is 5.75 Å². The number of nitrogens with zero attached hydrogens (tertiary/aromatic N) is 2. The Bertz CT molecular complexity index is 976. The SMILES string of the molecule is Cc1cc(O)ccc1CC(CNC(=O)CC(c1ccc(Cl)cn1)C1(C(F)(F)F)CC1)N(C)C. The zero-order valence-corrected chi connectivity index (χ0v) is 19.7. The van der Waals surface area contributed by atoms with Crippen LogP contribution in [-0.2, 0) is 11.2 Å². The molecule has 2 aromatic rings. The molecule has 1 aliphatic carbocycles. The third-order valence-electron chi connectivity index (χ3n) is 6.56. The average Bonchev–Trinajstić information content (AvgIpc) is 3.53. The molecule has 0 bridgehead atoms. The van der Waals surface area contributed by atoms with Gasteiger partial charge in [-0.3, -0.25) is 9.78 Å². The van der Waals surface area contributed by atoms with Gasteiger partial charge in [0.05, 0.1) is 10.4 Å². The standard InChI is InChI=1S/C24H29ClF3N3O2/c1-15-10-19(32)6-4-16(15)11-18(31(2)3)14-30-22(33)12-20(21-7-5-17(25)13-29-21)23(8-9-23)24(26,27)28/h4-7,10,13,18,20,32H,8-9,11-12,14H2,1-3H3,(H,30,33). The Morgan fingerprint density at radius 2 is 1.97 bits per heavy atom. The van der Waals surface area contributed by atoms with Gasteiger partial charge in [-0.15, -0.1) is 0 Å². The van der Waals surface area contributed by atoms with E-state index in [1.807, 2.05) is 32.0 Å². The summed E-state index contributed by atoms with van der Waals surface area (Å²) < 4.78 is 41.6.